The maximum Gasteiger partial charge on any atom is 0.530 e. The Bertz CT molecular complexity index is 577. The molecule has 0 aromatic heterocycles. The lowest BCUT2D eigenvalue weighted by molar-refractivity contribution is -0.00240. The van der Waals surface area contributed by atoms with Crippen LogP contribution in [0.4, 0.5) is 0 Å². The molecule has 0 amide bonds. The second-order valence-corrected chi connectivity index (χ2v) is 8.97. The molecule has 0 bridgehead atoms. The lowest BCUT2D eigenvalue weighted by Crippen LogP contribution is -2.49. The summed E-state index contributed by atoms with van der Waals surface area (Å²) in [4.78, 5) is 0. The minimum absolute atomic E-state index is 0.381. The number of rotatable bonds is 8. The van der Waals surface area contributed by atoms with Crippen molar-refractivity contribution in [2.45, 2.75) is 39.6 Å². The molecule has 0 aliphatic heterocycles. The second kappa shape index (κ2) is 8.40. The summed E-state index contributed by atoms with van der Waals surface area (Å²) >= 11 is 0. The van der Waals surface area contributed by atoms with Gasteiger partial charge in [0.1, 0.15) is 0 Å². The van der Waals surface area contributed by atoms with Gasteiger partial charge in [0.05, 0.1) is 18.8 Å². The van der Waals surface area contributed by atoms with Crippen molar-refractivity contribution in [1.29, 1.82) is 0 Å². The molecule has 24 heavy (non-hydrogen) atoms. The van der Waals surface area contributed by atoms with Crippen molar-refractivity contribution in [1.82, 2.24) is 0 Å². The first-order chi connectivity index (χ1) is 11.4. The van der Waals surface area contributed by atoms with E-state index in [9.17, 15) is 0 Å². The molecule has 3 nitrogen and oxygen atoms in total. The fourth-order valence-electron chi connectivity index (χ4n) is 2.20. The first kappa shape index (κ1) is 18.6. The number of hydrogen-bond acceptors (Lipinski definition) is 3. The maximum atomic E-state index is 6.19. The van der Waals surface area contributed by atoms with Gasteiger partial charge in [0.25, 0.3) is 0 Å². The van der Waals surface area contributed by atoms with E-state index in [2.05, 4.69) is 6.58 Å². The summed E-state index contributed by atoms with van der Waals surface area (Å²) in [5.41, 5.74) is 3.49. The first-order valence-electron chi connectivity index (χ1n) is 8.12. The molecule has 0 aliphatic rings. The highest BCUT2D eigenvalue weighted by Crippen LogP contribution is 2.23. The molecule has 0 saturated heterocycles. The third-order valence-electron chi connectivity index (χ3n) is 3.26. The highest BCUT2D eigenvalue weighted by molar-refractivity contribution is 6.66. The van der Waals surface area contributed by atoms with Crippen LogP contribution in [0.15, 0.2) is 72.9 Å². The predicted molar refractivity (Wildman–Crippen MR) is 99.3 cm³/mol. The van der Waals surface area contributed by atoms with Gasteiger partial charge in [-0.05, 0) is 37.6 Å². The molecule has 0 unspecified atom stereocenters. The van der Waals surface area contributed by atoms with Crippen LogP contribution in [0.1, 0.15) is 31.9 Å². The summed E-state index contributed by atoms with van der Waals surface area (Å²) in [7, 11) is -3.01. The van der Waals surface area contributed by atoms with E-state index in [0.717, 1.165) is 11.1 Å². The Kier molecular flexibility index (Phi) is 6.51. The van der Waals surface area contributed by atoms with Crippen molar-refractivity contribution < 1.29 is 13.3 Å². The zero-order chi connectivity index (χ0) is 17.5. The maximum absolute atomic E-state index is 6.19. The molecule has 0 aliphatic carbocycles. The molecule has 0 spiro atoms. The number of hydrogen-bond donors (Lipinski definition) is 0. The highest BCUT2D eigenvalue weighted by atomic mass is 28.4. The zero-order valence-electron chi connectivity index (χ0n) is 14.7. The van der Waals surface area contributed by atoms with Crippen molar-refractivity contribution in [2.75, 3.05) is 0 Å². The molecule has 2 aromatic carbocycles. The third-order valence-corrected chi connectivity index (χ3v) is 5.75. The third kappa shape index (κ3) is 6.05. The second-order valence-electron chi connectivity index (χ2n) is 6.57. The largest absolute Gasteiger partial charge is 0.530 e. The first-order valence-corrected chi connectivity index (χ1v) is 9.92. The predicted octanol–water partition coefficient (Wildman–Crippen LogP) is 4.90. The zero-order valence-corrected chi connectivity index (χ0v) is 15.7. The average molecular weight is 343 g/mol. The van der Waals surface area contributed by atoms with Gasteiger partial charge in [0, 0.05) is 0 Å². The minimum atomic E-state index is -3.01. The van der Waals surface area contributed by atoms with Crippen LogP contribution in [0.25, 0.3) is 0 Å². The van der Waals surface area contributed by atoms with Crippen molar-refractivity contribution in [2.24, 2.45) is 0 Å². The van der Waals surface area contributed by atoms with E-state index in [0.29, 0.717) is 13.2 Å². The fraction of sp³-hybridized carbons (Fsp3) is 0.300. The molecule has 0 saturated carbocycles. The Balaban J connectivity index is 2.11. The highest BCUT2D eigenvalue weighted by Gasteiger charge is 2.42. The Labute approximate surface area is 146 Å². The van der Waals surface area contributed by atoms with Gasteiger partial charge >= 0.3 is 8.80 Å². The molecule has 128 valence electrons. The topological polar surface area (TPSA) is 27.7 Å². The molecule has 0 atom stereocenters. The molecule has 0 radical (unpaired) electrons. The summed E-state index contributed by atoms with van der Waals surface area (Å²) in [6.07, 6.45) is 0. The van der Waals surface area contributed by atoms with E-state index >= 15 is 0 Å². The van der Waals surface area contributed by atoms with Gasteiger partial charge in [-0.25, -0.2) is 0 Å². The molecular weight excluding hydrogens is 316 g/mol. The van der Waals surface area contributed by atoms with E-state index < -0.39 is 8.80 Å². The molecular formula is C20H26O3Si. The van der Waals surface area contributed by atoms with Gasteiger partial charge in [0.15, 0.2) is 0 Å². The Morgan fingerprint density at radius 2 is 1.25 bits per heavy atom. The van der Waals surface area contributed by atoms with Crippen molar-refractivity contribution in [3.63, 3.8) is 0 Å². The summed E-state index contributed by atoms with van der Waals surface area (Å²) in [6, 6.07) is 20.0. The van der Waals surface area contributed by atoms with Crippen LogP contribution in [0.3, 0.4) is 0 Å². The van der Waals surface area contributed by atoms with Crippen LogP contribution >= 0.6 is 0 Å². The SMILES string of the molecule is C=C[Si](OCc1ccccc1)(OCc1ccccc1)OC(C)(C)C. The van der Waals surface area contributed by atoms with E-state index in [-0.39, 0.29) is 5.60 Å². The van der Waals surface area contributed by atoms with Gasteiger partial charge in [-0.1, -0.05) is 67.2 Å². The van der Waals surface area contributed by atoms with Crippen LogP contribution in [0.2, 0.25) is 0 Å². The van der Waals surface area contributed by atoms with Crippen LogP contribution in [0, 0.1) is 0 Å². The summed E-state index contributed by atoms with van der Waals surface area (Å²) in [5, 5.41) is 0. The lowest BCUT2D eigenvalue weighted by Gasteiger charge is -2.33. The van der Waals surface area contributed by atoms with Crippen LogP contribution in [-0.2, 0) is 26.5 Å². The Morgan fingerprint density at radius 3 is 1.58 bits per heavy atom. The van der Waals surface area contributed by atoms with Crippen LogP contribution in [0.5, 0.6) is 0 Å². The smallest absolute Gasteiger partial charge is 0.366 e. The quantitative estimate of drug-likeness (QED) is 0.639. The molecule has 0 N–H and O–H groups in total. The van der Waals surface area contributed by atoms with Gasteiger partial charge in [0.2, 0.25) is 0 Å². The minimum Gasteiger partial charge on any atom is -0.366 e. The molecule has 4 heteroatoms. The molecule has 0 fully saturated rings. The van der Waals surface area contributed by atoms with E-state index in [1.165, 1.54) is 0 Å². The van der Waals surface area contributed by atoms with Gasteiger partial charge < -0.3 is 13.3 Å². The van der Waals surface area contributed by atoms with Crippen molar-refractivity contribution in [3.8, 4) is 0 Å². The summed E-state index contributed by atoms with van der Waals surface area (Å²) in [6.45, 7) is 10.8. The van der Waals surface area contributed by atoms with Crippen molar-refractivity contribution in [3.05, 3.63) is 84.1 Å². The van der Waals surface area contributed by atoms with Gasteiger partial charge in [-0.3, -0.25) is 0 Å². The normalized spacial score (nSPS) is 12.1. The van der Waals surface area contributed by atoms with Crippen LogP contribution < -0.4 is 0 Å². The van der Waals surface area contributed by atoms with E-state index in [1.807, 2.05) is 81.4 Å². The Morgan fingerprint density at radius 1 is 0.833 bits per heavy atom. The van der Waals surface area contributed by atoms with Gasteiger partial charge in [-0.15, -0.1) is 0 Å². The number of benzene rings is 2. The molecule has 0 heterocycles. The molecule has 2 aromatic rings. The average Bonchev–Trinajstić information content (AvgIpc) is 2.58. The van der Waals surface area contributed by atoms with Crippen molar-refractivity contribution >= 4 is 8.80 Å². The standard InChI is InChI=1S/C20H26O3Si/c1-5-24(23-20(2,3)4,21-16-18-12-8-6-9-13-18)22-17-19-14-10-7-11-15-19/h5-15H,1,16-17H2,2-4H3. The Hall–Kier alpha value is -1.72. The molecule has 2 rings (SSSR count). The van der Waals surface area contributed by atoms with Gasteiger partial charge in [-0.2, -0.15) is 0 Å². The summed E-state index contributed by atoms with van der Waals surface area (Å²) < 4.78 is 18.5. The van der Waals surface area contributed by atoms with Crippen LogP contribution in [-0.4, -0.2) is 14.4 Å². The monoisotopic (exact) mass is 342 g/mol. The fourth-order valence-corrected chi connectivity index (χ4v) is 4.31. The van der Waals surface area contributed by atoms with E-state index in [4.69, 9.17) is 13.3 Å². The summed E-state index contributed by atoms with van der Waals surface area (Å²) in [5.74, 6) is 0. The van der Waals surface area contributed by atoms with E-state index in [1.54, 1.807) is 5.70 Å². The lowest BCUT2D eigenvalue weighted by atomic mass is 10.2.